The topological polar surface area (TPSA) is 87.6 Å². The van der Waals surface area contributed by atoms with E-state index in [-0.39, 0.29) is 5.03 Å². The molecule has 2 aromatic rings. The molecule has 0 bridgehead atoms. The van der Waals surface area contributed by atoms with Crippen molar-refractivity contribution < 1.29 is 18.3 Å². The van der Waals surface area contributed by atoms with Gasteiger partial charge in [-0.3, -0.25) is 4.79 Å². The quantitative estimate of drug-likeness (QED) is 0.872. The van der Waals surface area contributed by atoms with E-state index in [0.29, 0.717) is 5.01 Å². The lowest BCUT2D eigenvalue weighted by Crippen LogP contribution is -2.40. The molecule has 0 aliphatic carbocycles. The van der Waals surface area contributed by atoms with Gasteiger partial charge in [0.15, 0.2) is 5.03 Å². The van der Waals surface area contributed by atoms with Crippen LogP contribution in [0, 0.1) is 0 Å². The maximum atomic E-state index is 12.6. The lowest BCUT2D eigenvalue weighted by atomic mass is 10.2. The molecule has 1 heterocycles. The molecule has 0 atom stereocenters. The molecule has 6 nitrogen and oxygen atoms in total. The molecule has 0 saturated carbocycles. The molecule has 118 valence electrons. The smallest absolute Gasteiger partial charge is 0.318 e. The monoisotopic (exact) mass is 340 g/mol. The molecule has 0 unspecified atom stereocenters. The number of rotatable bonds is 6. The molecule has 0 aliphatic heterocycles. The molecule has 0 spiro atoms. The molecule has 2 rings (SSSR count). The van der Waals surface area contributed by atoms with Crippen molar-refractivity contribution in [3.8, 4) is 10.6 Å². The van der Waals surface area contributed by atoms with Crippen LogP contribution in [0.2, 0.25) is 0 Å². The van der Waals surface area contributed by atoms with Crippen molar-refractivity contribution in [2.24, 2.45) is 0 Å². The van der Waals surface area contributed by atoms with Gasteiger partial charge in [0, 0.05) is 17.0 Å². The molecule has 0 aliphatic rings. The number of hydrogen-bond donors (Lipinski definition) is 1. The van der Waals surface area contributed by atoms with Crippen LogP contribution in [0.1, 0.15) is 13.8 Å². The molecule has 1 aromatic carbocycles. The van der Waals surface area contributed by atoms with Crippen LogP contribution in [0.5, 0.6) is 0 Å². The summed E-state index contributed by atoms with van der Waals surface area (Å²) in [5.41, 5.74) is 0.822. The van der Waals surface area contributed by atoms with E-state index in [0.717, 1.165) is 9.87 Å². The van der Waals surface area contributed by atoms with Gasteiger partial charge >= 0.3 is 5.97 Å². The van der Waals surface area contributed by atoms with Crippen LogP contribution in [0.3, 0.4) is 0 Å². The van der Waals surface area contributed by atoms with Crippen molar-refractivity contribution in [2.75, 3.05) is 6.54 Å². The highest BCUT2D eigenvalue weighted by Gasteiger charge is 2.31. The van der Waals surface area contributed by atoms with Crippen molar-refractivity contribution in [1.82, 2.24) is 9.29 Å². The second-order valence-corrected chi connectivity index (χ2v) is 7.59. The average Bonchev–Trinajstić information content (AvgIpc) is 2.95. The van der Waals surface area contributed by atoms with E-state index in [1.165, 1.54) is 16.7 Å². The van der Waals surface area contributed by atoms with Gasteiger partial charge in [0.2, 0.25) is 0 Å². The van der Waals surface area contributed by atoms with Gasteiger partial charge in [0.1, 0.15) is 11.6 Å². The van der Waals surface area contributed by atoms with E-state index in [9.17, 15) is 13.2 Å². The standard InChI is InChI=1S/C14H16N2O4S2/c1-10(2)16(8-13(17)18)22(19,20)12-9-21-14(15-12)11-6-4-3-5-7-11/h3-7,9-10H,8H2,1-2H3,(H,17,18). The van der Waals surface area contributed by atoms with Crippen LogP contribution in [-0.2, 0) is 14.8 Å². The summed E-state index contributed by atoms with van der Waals surface area (Å²) in [5.74, 6) is -1.20. The fourth-order valence-corrected chi connectivity index (χ4v) is 4.55. The zero-order chi connectivity index (χ0) is 16.3. The van der Waals surface area contributed by atoms with E-state index < -0.39 is 28.6 Å². The van der Waals surface area contributed by atoms with Crippen molar-refractivity contribution in [2.45, 2.75) is 24.9 Å². The minimum Gasteiger partial charge on any atom is -0.480 e. The molecule has 1 aromatic heterocycles. The first-order valence-electron chi connectivity index (χ1n) is 6.57. The summed E-state index contributed by atoms with van der Waals surface area (Å²) >= 11 is 1.21. The lowest BCUT2D eigenvalue weighted by molar-refractivity contribution is -0.137. The third-order valence-corrected chi connectivity index (χ3v) is 5.89. The molecule has 0 fully saturated rings. The van der Waals surface area contributed by atoms with Crippen LogP contribution < -0.4 is 0 Å². The first kappa shape index (κ1) is 16.6. The molecular weight excluding hydrogens is 324 g/mol. The van der Waals surface area contributed by atoms with Gasteiger partial charge in [-0.25, -0.2) is 13.4 Å². The van der Waals surface area contributed by atoms with E-state index in [4.69, 9.17) is 5.11 Å². The molecule has 0 radical (unpaired) electrons. The minimum atomic E-state index is -3.93. The van der Waals surface area contributed by atoms with Crippen LogP contribution in [0.4, 0.5) is 0 Å². The van der Waals surface area contributed by atoms with Crippen molar-refractivity contribution in [3.05, 3.63) is 35.7 Å². The van der Waals surface area contributed by atoms with Gasteiger partial charge in [0.25, 0.3) is 10.0 Å². The van der Waals surface area contributed by atoms with Crippen molar-refractivity contribution in [3.63, 3.8) is 0 Å². The Morgan fingerprint density at radius 1 is 1.32 bits per heavy atom. The lowest BCUT2D eigenvalue weighted by Gasteiger charge is -2.22. The molecule has 22 heavy (non-hydrogen) atoms. The Morgan fingerprint density at radius 2 is 1.95 bits per heavy atom. The highest BCUT2D eigenvalue weighted by molar-refractivity contribution is 7.89. The average molecular weight is 340 g/mol. The number of benzene rings is 1. The number of hydrogen-bond acceptors (Lipinski definition) is 5. The van der Waals surface area contributed by atoms with Gasteiger partial charge in [-0.2, -0.15) is 4.31 Å². The summed E-state index contributed by atoms with van der Waals surface area (Å²) in [6.07, 6.45) is 0. The second-order valence-electron chi connectivity index (χ2n) is 4.89. The maximum absolute atomic E-state index is 12.6. The second kappa shape index (κ2) is 6.55. The van der Waals surface area contributed by atoms with E-state index >= 15 is 0 Å². The number of sulfonamides is 1. The van der Waals surface area contributed by atoms with Gasteiger partial charge in [-0.1, -0.05) is 30.3 Å². The Kier molecular flexibility index (Phi) is 4.94. The van der Waals surface area contributed by atoms with Gasteiger partial charge in [-0.15, -0.1) is 11.3 Å². The fraction of sp³-hybridized carbons (Fsp3) is 0.286. The molecule has 0 amide bonds. The van der Waals surface area contributed by atoms with E-state index in [1.54, 1.807) is 13.8 Å². The third kappa shape index (κ3) is 3.52. The zero-order valence-electron chi connectivity index (χ0n) is 12.1. The number of thiazole rings is 1. The van der Waals surface area contributed by atoms with Crippen LogP contribution in [0.25, 0.3) is 10.6 Å². The Hall–Kier alpha value is -1.77. The predicted octanol–water partition coefficient (Wildman–Crippen LogP) is 2.29. The Bertz CT molecular complexity index is 754. The van der Waals surface area contributed by atoms with Crippen molar-refractivity contribution in [1.29, 1.82) is 0 Å². The SMILES string of the molecule is CC(C)N(CC(=O)O)S(=O)(=O)c1csc(-c2ccccc2)n1. The zero-order valence-corrected chi connectivity index (χ0v) is 13.8. The molecular formula is C14H16N2O4S2. The molecule has 0 saturated heterocycles. The van der Waals surface area contributed by atoms with Gasteiger partial charge < -0.3 is 5.11 Å². The summed E-state index contributed by atoms with van der Waals surface area (Å²) in [4.78, 5) is 15.1. The summed E-state index contributed by atoms with van der Waals surface area (Å²) in [5, 5.41) is 10.8. The molecule has 8 heteroatoms. The summed E-state index contributed by atoms with van der Waals surface area (Å²) in [6.45, 7) is 2.67. The predicted molar refractivity (Wildman–Crippen MR) is 84.2 cm³/mol. The van der Waals surface area contributed by atoms with Crippen LogP contribution >= 0.6 is 11.3 Å². The Balaban J connectivity index is 2.37. The maximum Gasteiger partial charge on any atom is 0.318 e. The fourth-order valence-electron chi connectivity index (χ4n) is 1.89. The largest absolute Gasteiger partial charge is 0.480 e. The minimum absolute atomic E-state index is 0.119. The number of carbonyl (C=O) groups is 1. The summed E-state index contributed by atoms with van der Waals surface area (Å²) in [6, 6.07) is 8.76. The highest BCUT2D eigenvalue weighted by atomic mass is 32.2. The Morgan fingerprint density at radius 3 is 2.50 bits per heavy atom. The van der Waals surface area contributed by atoms with Gasteiger partial charge in [-0.05, 0) is 13.8 Å². The first-order valence-corrected chi connectivity index (χ1v) is 8.89. The van der Waals surface area contributed by atoms with Crippen molar-refractivity contribution >= 4 is 27.3 Å². The van der Waals surface area contributed by atoms with E-state index in [1.807, 2.05) is 30.3 Å². The molecule has 1 N–H and O–H groups in total. The number of aromatic nitrogens is 1. The van der Waals surface area contributed by atoms with E-state index in [2.05, 4.69) is 4.98 Å². The number of nitrogens with zero attached hydrogens (tertiary/aromatic N) is 2. The first-order chi connectivity index (χ1) is 10.3. The number of carboxylic acid groups (broad SMARTS) is 1. The number of aliphatic carboxylic acids is 1. The Labute approximate surface area is 133 Å². The summed E-state index contributed by atoms with van der Waals surface area (Å²) < 4.78 is 26.1. The van der Waals surface area contributed by atoms with Crippen LogP contribution in [0.15, 0.2) is 40.7 Å². The van der Waals surface area contributed by atoms with Crippen LogP contribution in [-0.4, -0.2) is 41.4 Å². The third-order valence-electron chi connectivity index (χ3n) is 2.94. The summed E-state index contributed by atoms with van der Waals surface area (Å²) in [7, 11) is -3.93. The van der Waals surface area contributed by atoms with Gasteiger partial charge in [0.05, 0.1) is 0 Å². The highest BCUT2D eigenvalue weighted by Crippen LogP contribution is 2.27. The normalized spacial score (nSPS) is 12.0. The number of carboxylic acids is 1.